The highest BCUT2D eigenvalue weighted by Gasteiger charge is 2.24. The fourth-order valence-electron chi connectivity index (χ4n) is 5.02. The summed E-state index contributed by atoms with van der Waals surface area (Å²) in [6, 6.07) is 18.8. The van der Waals surface area contributed by atoms with Crippen LogP contribution in [0.25, 0.3) is 10.8 Å². The highest BCUT2D eigenvalue weighted by molar-refractivity contribution is 6.07. The molecule has 34 heavy (non-hydrogen) atoms. The van der Waals surface area contributed by atoms with Crippen LogP contribution < -0.4 is 10.2 Å². The molecule has 5 rings (SSSR count). The summed E-state index contributed by atoms with van der Waals surface area (Å²) in [6.07, 6.45) is 3.40. The van der Waals surface area contributed by atoms with Gasteiger partial charge in [-0.3, -0.25) is 9.69 Å². The minimum Gasteiger partial charge on any atom is -0.379 e. The van der Waals surface area contributed by atoms with Crippen LogP contribution in [0.15, 0.2) is 54.6 Å². The Balaban J connectivity index is 1.24. The monoisotopic (exact) mass is 459 g/mol. The quantitative estimate of drug-likeness (QED) is 0.585. The van der Waals surface area contributed by atoms with Gasteiger partial charge in [0.25, 0.3) is 5.91 Å². The van der Waals surface area contributed by atoms with Gasteiger partial charge in [-0.15, -0.1) is 10.2 Å². The van der Waals surface area contributed by atoms with Gasteiger partial charge in [-0.25, -0.2) is 0 Å². The van der Waals surface area contributed by atoms with Crippen molar-refractivity contribution < 1.29 is 9.53 Å². The van der Waals surface area contributed by atoms with Crippen molar-refractivity contribution in [3.63, 3.8) is 0 Å². The van der Waals surface area contributed by atoms with Crippen molar-refractivity contribution in [1.82, 2.24) is 20.4 Å². The molecular weight excluding hydrogens is 426 g/mol. The molecular formula is C27H33N5O2. The molecule has 0 unspecified atom stereocenters. The fourth-order valence-corrected chi connectivity index (χ4v) is 5.02. The number of carbonyl (C=O) groups is 1. The molecule has 0 atom stereocenters. The SMILES string of the molecule is O=C(NCCN1CCOCC1)c1nnc(N2CCC(Cc3ccccc3)CC2)c2ccccc12. The molecule has 1 aromatic heterocycles. The van der Waals surface area contributed by atoms with E-state index in [2.05, 4.69) is 61.7 Å². The van der Waals surface area contributed by atoms with Crippen LogP contribution in [-0.2, 0) is 11.2 Å². The van der Waals surface area contributed by atoms with Crippen LogP contribution in [0.5, 0.6) is 0 Å². The Labute approximate surface area is 201 Å². The minimum absolute atomic E-state index is 0.162. The summed E-state index contributed by atoms with van der Waals surface area (Å²) in [5.74, 6) is 1.41. The van der Waals surface area contributed by atoms with E-state index in [1.165, 1.54) is 5.56 Å². The lowest BCUT2D eigenvalue weighted by Gasteiger charge is -2.33. The Hall–Kier alpha value is -3.03. The summed E-state index contributed by atoms with van der Waals surface area (Å²) < 4.78 is 5.39. The number of carbonyl (C=O) groups excluding carboxylic acids is 1. The molecule has 3 aromatic rings. The normalized spacial score (nSPS) is 17.7. The molecule has 2 aromatic carbocycles. The molecule has 1 N–H and O–H groups in total. The number of hydrogen-bond acceptors (Lipinski definition) is 6. The largest absolute Gasteiger partial charge is 0.379 e. The highest BCUT2D eigenvalue weighted by Crippen LogP contribution is 2.30. The Morgan fingerprint density at radius 1 is 0.912 bits per heavy atom. The van der Waals surface area contributed by atoms with Crippen LogP contribution in [0.4, 0.5) is 5.82 Å². The minimum atomic E-state index is -0.162. The van der Waals surface area contributed by atoms with E-state index < -0.39 is 0 Å². The van der Waals surface area contributed by atoms with E-state index >= 15 is 0 Å². The van der Waals surface area contributed by atoms with Gasteiger partial charge < -0.3 is 15.0 Å². The summed E-state index contributed by atoms with van der Waals surface area (Å²) in [4.78, 5) is 17.6. The summed E-state index contributed by atoms with van der Waals surface area (Å²) in [5, 5.41) is 13.8. The van der Waals surface area contributed by atoms with Crippen molar-refractivity contribution in [3.05, 3.63) is 65.9 Å². The average Bonchev–Trinajstić information content (AvgIpc) is 2.90. The van der Waals surface area contributed by atoms with Gasteiger partial charge in [0, 0.05) is 50.0 Å². The van der Waals surface area contributed by atoms with Crippen LogP contribution in [0.1, 0.15) is 28.9 Å². The predicted octanol–water partition coefficient (Wildman–Crippen LogP) is 3.15. The lowest BCUT2D eigenvalue weighted by molar-refractivity contribution is 0.0383. The maximum Gasteiger partial charge on any atom is 0.272 e. The number of ether oxygens (including phenoxy) is 1. The van der Waals surface area contributed by atoms with Gasteiger partial charge in [0.05, 0.1) is 13.2 Å². The van der Waals surface area contributed by atoms with Crippen molar-refractivity contribution in [1.29, 1.82) is 0 Å². The first-order valence-electron chi connectivity index (χ1n) is 12.4. The second-order valence-corrected chi connectivity index (χ2v) is 9.25. The number of amides is 1. The molecule has 3 heterocycles. The van der Waals surface area contributed by atoms with Crippen LogP contribution in [0.2, 0.25) is 0 Å². The summed E-state index contributed by atoms with van der Waals surface area (Å²) in [5.41, 5.74) is 1.82. The molecule has 0 spiro atoms. The summed E-state index contributed by atoms with van der Waals surface area (Å²) in [7, 11) is 0. The first kappa shape index (κ1) is 22.7. The third-order valence-corrected chi connectivity index (χ3v) is 6.98. The van der Waals surface area contributed by atoms with Gasteiger partial charge in [-0.2, -0.15) is 0 Å². The zero-order valence-electron chi connectivity index (χ0n) is 19.7. The van der Waals surface area contributed by atoms with Crippen LogP contribution >= 0.6 is 0 Å². The molecule has 178 valence electrons. The van der Waals surface area contributed by atoms with Gasteiger partial charge in [0.1, 0.15) is 0 Å². The van der Waals surface area contributed by atoms with Crippen molar-refractivity contribution in [2.24, 2.45) is 5.92 Å². The topological polar surface area (TPSA) is 70.6 Å². The molecule has 2 saturated heterocycles. The van der Waals surface area contributed by atoms with E-state index in [0.29, 0.717) is 18.2 Å². The Morgan fingerprint density at radius 3 is 2.38 bits per heavy atom. The van der Waals surface area contributed by atoms with E-state index in [4.69, 9.17) is 4.74 Å². The van der Waals surface area contributed by atoms with E-state index in [1.54, 1.807) is 0 Å². The maximum atomic E-state index is 12.9. The lowest BCUT2D eigenvalue weighted by Crippen LogP contribution is -2.41. The van der Waals surface area contributed by atoms with Crippen molar-refractivity contribution in [2.75, 3.05) is 57.4 Å². The molecule has 0 saturated carbocycles. The molecule has 7 heteroatoms. The van der Waals surface area contributed by atoms with Crippen molar-refractivity contribution >= 4 is 22.5 Å². The van der Waals surface area contributed by atoms with E-state index in [9.17, 15) is 4.79 Å². The van der Waals surface area contributed by atoms with Gasteiger partial charge >= 0.3 is 0 Å². The van der Waals surface area contributed by atoms with Crippen molar-refractivity contribution in [2.45, 2.75) is 19.3 Å². The zero-order valence-corrected chi connectivity index (χ0v) is 19.7. The molecule has 0 radical (unpaired) electrons. The molecule has 1 amide bonds. The van der Waals surface area contributed by atoms with Crippen LogP contribution in [0.3, 0.4) is 0 Å². The molecule has 2 aliphatic heterocycles. The first-order valence-corrected chi connectivity index (χ1v) is 12.4. The van der Waals surface area contributed by atoms with E-state index in [-0.39, 0.29) is 5.91 Å². The average molecular weight is 460 g/mol. The molecule has 0 bridgehead atoms. The number of rotatable bonds is 7. The van der Waals surface area contributed by atoms with Gasteiger partial charge in [0.15, 0.2) is 11.5 Å². The first-order chi connectivity index (χ1) is 16.8. The maximum absolute atomic E-state index is 12.9. The number of piperidine rings is 1. The highest BCUT2D eigenvalue weighted by atomic mass is 16.5. The van der Waals surface area contributed by atoms with Gasteiger partial charge in [-0.1, -0.05) is 54.6 Å². The Morgan fingerprint density at radius 2 is 1.62 bits per heavy atom. The number of nitrogens with one attached hydrogen (secondary N) is 1. The molecule has 2 aliphatic rings. The number of aromatic nitrogens is 2. The third-order valence-electron chi connectivity index (χ3n) is 6.98. The predicted molar refractivity (Wildman–Crippen MR) is 134 cm³/mol. The summed E-state index contributed by atoms with van der Waals surface area (Å²) >= 11 is 0. The second kappa shape index (κ2) is 10.9. The lowest BCUT2D eigenvalue weighted by atomic mass is 9.90. The number of hydrogen-bond donors (Lipinski definition) is 1. The molecule has 7 nitrogen and oxygen atoms in total. The summed E-state index contributed by atoms with van der Waals surface area (Å²) in [6.45, 7) is 6.67. The molecule has 0 aliphatic carbocycles. The fraction of sp³-hybridized carbons (Fsp3) is 0.444. The third kappa shape index (κ3) is 5.37. The van der Waals surface area contributed by atoms with Gasteiger partial charge in [0.2, 0.25) is 0 Å². The van der Waals surface area contributed by atoms with E-state index in [1.807, 2.05) is 18.2 Å². The van der Waals surface area contributed by atoms with Gasteiger partial charge in [-0.05, 0) is 30.7 Å². The number of nitrogens with zero attached hydrogens (tertiary/aromatic N) is 4. The molecule has 2 fully saturated rings. The number of benzene rings is 2. The van der Waals surface area contributed by atoms with E-state index in [0.717, 1.165) is 81.8 Å². The number of anilines is 1. The standard InChI is InChI=1S/C27H33N5O2/c33-27(28-12-15-31-16-18-34-19-17-31)25-23-8-4-5-9-24(23)26(30-29-25)32-13-10-22(11-14-32)20-21-6-2-1-3-7-21/h1-9,22H,10-20H2,(H,28,33). The van der Waals surface area contributed by atoms with Crippen LogP contribution in [0, 0.1) is 5.92 Å². The second-order valence-electron chi connectivity index (χ2n) is 9.25. The Kier molecular flexibility index (Phi) is 7.31. The van der Waals surface area contributed by atoms with Crippen molar-refractivity contribution in [3.8, 4) is 0 Å². The zero-order chi connectivity index (χ0) is 23.2. The van der Waals surface area contributed by atoms with Crippen LogP contribution in [-0.4, -0.2) is 73.5 Å². The smallest absolute Gasteiger partial charge is 0.272 e. The number of fused-ring (bicyclic) bond motifs is 1. The number of morpholine rings is 1. The Bertz CT molecular complexity index is 1090.